The third-order valence-corrected chi connectivity index (χ3v) is 3.89. The number of urea groups is 1. The van der Waals surface area contributed by atoms with E-state index in [4.69, 9.17) is 4.74 Å². The molecule has 0 radical (unpaired) electrons. The van der Waals surface area contributed by atoms with Gasteiger partial charge < -0.3 is 10.1 Å². The number of fused-ring (bicyclic) bond motifs is 1. The van der Waals surface area contributed by atoms with E-state index in [-0.39, 0.29) is 6.03 Å². The van der Waals surface area contributed by atoms with Gasteiger partial charge in [-0.3, -0.25) is 4.90 Å². The summed E-state index contributed by atoms with van der Waals surface area (Å²) in [4.78, 5) is 14.2. The SMILES string of the molecule is O=C(NC=C1CCOCC1)N1CCCc2ccccc21. The minimum Gasteiger partial charge on any atom is -0.381 e. The summed E-state index contributed by atoms with van der Waals surface area (Å²) in [5.74, 6) is 0. The van der Waals surface area contributed by atoms with Crippen molar-refractivity contribution in [1.29, 1.82) is 0 Å². The number of hydrogen-bond donors (Lipinski definition) is 1. The van der Waals surface area contributed by atoms with Gasteiger partial charge in [0.25, 0.3) is 0 Å². The molecule has 2 amide bonds. The summed E-state index contributed by atoms with van der Waals surface area (Å²) in [6.07, 6.45) is 5.77. The molecule has 1 saturated heterocycles. The van der Waals surface area contributed by atoms with Crippen molar-refractivity contribution < 1.29 is 9.53 Å². The minimum atomic E-state index is -0.0314. The van der Waals surface area contributed by atoms with Crippen LogP contribution in [-0.2, 0) is 11.2 Å². The van der Waals surface area contributed by atoms with Crippen molar-refractivity contribution in [2.75, 3.05) is 24.7 Å². The molecule has 0 spiro atoms. The Hall–Kier alpha value is -1.81. The van der Waals surface area contributed by atoms with Crippen molar-refractivity contribution in [3.8, 4) is 0 Å². The van der Waals surface area contributed by atoms with E-state index in [9.17, 15) is 4.79 Å². The molecule has 4 nitrogen and oxygen atoms in total. The van der Waals surface area contributed by atoms with E-state index in [1.807, 2.05) is 29.3 Å². The zero-order valence-corrected chi connectivity index (χ0v) is 11.6. The fourth-order valence-electron chi connectivity index (χ4n) is 2.76. The smallest absolute Gasteiger partial charge is 0.325 e. The van der Waals surface area contributed by atoms with Crippen LogP contribution in [0.3, 0.4) is 0 Å². The summed E-state index contributed by atoms with van der Waals surface area (Å²) in [5, 5.41) is 2.93. The van der Waals surface area contributed by atoms with Gasteiger partial charge in [0.2, 0.25) is 0 Å². The molecule has 1 aromatic rings. The second kappa shape index (κ2) is 6.09. The number of nitrogens with zero attached hydrogens (tertiary/aromatic N) is 1. The van der Waals surface area contributed by atoms with Crippen molar-refractivity contribution in [3.05, 3.63) is 41.6 Å². The van der Waals surface area contributed by atoms with Crippen LogP contribution >= 0.6 is 0 Å². The molecular formula is C16H20N2O2. The van der Waals surface area contributed by atoms with Crippen molar-refractivity contribution in [2.24, 2.45) is 0 Å². The van der Waals surface area contributed by atoms with Crippen molar-refractivity contribution >= 4 is 11.7 Å². The lowest BCUT2D eigenvalue weighted by Gasteiger charge is -2.29. The van der Waals surface area contributed by atoms with Crippen LogP contribution in [0.4, 0.5) is 10.5 Å². The van der Waals surface area contributed by atoms with Gasteiger partial charge >= 0.3 is 6.03 Å². The Morgan fingerprint density at radius 3 is 2.85 bits per heavy atom. The van der Waals surface area contributed by atoms with Crippen molar-refractivity contribution in [2.45, 2.75) is 25.7 Å². The highest BCUT2D eigenvalue weighted by molar-refractivity contribution is 5.93. The summed E-state index contributed by atoms with van der Waals surface area (Å²) in [5.41, 5.74) is 3.56. The Labute approximate surface area is 119 Å². The Morgan fingerprint density at radius 2 is 2.00 bits per heavy atom. The summed E-state index contributed by atoms with van der Waals surface area (Å²) < 4.78 is 5.31. The van der Waals surface area contributed by atoms with Crippen LogP contribution in [-0.4, -0.2) is 25.8 Å². The summed E-state index contributed by atoms with van der Waals surface area (Å²) in [7, 11) is 0. The highest BCUT2D eigenvalue weighted by atomic mass is 16.5. The lowest BCUT2D eigenvalue weighted by atomic mass is 10.0. The number of ether oxygens (including phenoxy) is 1. The van der Waals surface area contributed by atoms with Crippen LogP contribution in [0.1, 0.15) is 24.8 Å². The van der Waals surface area contributed by atoms with Gasteiger partial charge in [-0.25, -0.2) is 4.79 Å². The van der Waals surface area contributed by atoms with Gasteiger partial charge in [0.15, 0.2) is 0 Å². The Bertz CT molecular complexity index is 517. The van der Waals surface area contributed by atoms with E-state index in [2.05, 4.69) is 11.4 Å². The standard InChI is InChI=1S/C16H20N2O2/c19-16(17-12-13-7-10-20-11-8-13)18-9-3-5-14-4-1-2-6-15(14)18/h1-2,4,6,12H,3,5,7-11H2,(H,17,19). The lowest BCUT2D eigenvalue weighted by molar-refractivity contribution is 0.119. The molecular weight excluding hydrogens is 252 g/mol. The van der Waals surface area contributed by atoms with Crippen LogP contribution in [0, 0.1) is 0 Å². The molecule has 1 aromatic carbocycles. The number of hydrogen-bond acceptors (Lipinski definition) is 2. The molecule has 2 heterocycles. The zero-order chi connectivity index (χ0) is 13.8. The summed E-state index contributed by atoms with van der Waals surface area (Å²) in [6, 6.07) is 8.11. The first-order valence-electron chi connectivity index (χ1n) is 7.26. The van der Waals surface area contributed by atoms with Gasteiger partial charge in [0.1, 0.15) is 0 Å². The highest BCUT2D eigenvalue weighted by Gasteiger charge is 2.21. The first kappa shape index (κ1) is 13.2. The second-order valence-electron chi connectivity index (χ2n) is 5.25. The number of nitrogens with one attached hydrogen (secondary N) is 1. The average molecular weight is 272 g/mol. The fourth-order valence-corrected chi connectivity index (χ4v) is 2.76. The monoisotopic (exact) mass is 272 g/mol. The van der Waals surface area contributed by atoms with E-state index >= 15 is 0 Å². The van der Waals surface area contributed by atoms with Gasteiger partial charge in [-0.1, -0.05) is 18.2 Å². The number of aryl methyl sites for hydroxylation is 1. The molecule has 1 N–H and O–H groups in total. The molecule has 2 aliphatic heterocycles. The number of benzene rings is 1. The quantitative estimate of drug-likeness (QED) is 0.854. The Kier molecular flexibility index (Phi) is 4.02. The van der Waals surface area contributed by atoms with Crippen molar-refractivity contribution in [3.63, 3.8) is 0 Å². The summed E-state index contributed by atoms with van der Waals surface area (Å²) >= 11 is 0. The predicted octanol–water partition coefficient (Wildman–Crippen LogP) is 2.84. The molecule has 106 valence electrons. The van der Waals surface area contributed by atoms with Gasteiger partial charge in [-0.15, -0.1) is 0 Å². The van der Waals surface area contributed by atoms with Crippen LogP contribution in [0.2, 0.25) is 0 Å². The number of anilines is 1. The molecule has 3 rings (SSSR count). The first-order valence-corrected chi connectivity index (χ1v) is 7.26. The topological polar surface area (TPSA) is 41.6 Å². The van der Waals surface area contributed by atoms with Gasteiger partial charge in [0, 0.05) is 18.4 Å². The molecule has 0 bridgehead atoms. The number of amides is 2. The van der Waals surface area contributed by atoms with Crippen LogP contribution in [0.5, 0.6) is 0 Å². The molecule has 1 fully saturated rings. The second-order valence-corrected chi connectivity index (χ2v) is 5.25. The predicted molar refractivity (Wildman–Crippen MR) is 78.8 cm³/mol. The van der Waals surface area contributed by atoms with Gasteiger partial charge in [-0.05, 0) is 42.9 Å². The van der Waals surface area contributed by atoms with Gasteiger partial charge in [0.05, 0.1) is 13.2 Å². The van der Waals surface area contributed by atoms with Crippen molar-refractivity contribution in [1.82, 2.24) is 5.32 Å². The molecule has 0 saturated carbocycles. The molecule has 0 aromatic heterocycles. The van der Waals surface area contributed by atoms with Crippen LogP contribution in [0.15, 0.2) is 36.0 Å². The molecule has 4 heteroatoms. The fraction of sp³-hybridized carbons (Fsp3) is 0.438. The lowest BCUT2D eigenvalue weighted by Crippen LogP contribution is -2.41. The average Bonchev–Trinajstić information content (AvgIpc) is 2.53. The van der Waals surface area contributed by atoms with Crippen LogP contribution in [0.25, 0.3) is 0 Å². The maximum Gasteiger partial charge on any atom is 0.325 e. The van der Waals surface area contributed by atoms with Gasteiger partial charge in [-0.2, -0.15) is 0 Å². The third-order valence-electron chi connectivity index (χ3n) is 3.89. The zero-order valence-electron chi connectivity index (χ0n) is 11.6. The molecule has 0 aliphatic carbocycles. The maximum atomic E-state index is 12.3. The Balaban J connectivity index is 1.69. The van der Waals surface area contributed by atoms with E-state index < -0.39 is 0 Å². The first-order chi connectivity index (χ1) is 9.84. The Morgan fingerprint density at radius 1 is 1.20 bits per heavy atom. The summed E-state index contributed by atoms with van der Waals surface area (Å²) in [6.45, 7) is 2.30. The number of carbonyl (C=O) groups is 1. The number of carbonyl (C=O) groups excluding carboxylic acids is 1. The van der Waals surface area contributed by atoms with E-state index in [0.717, 1.165) is 51.1 Å². The normalized spacial score (nSPS) is 18.4. The van der Waals surface area contributed by atoms with E-state index in [1.54, 1.807) is 0 Å². The largest absolute Gasteiger partial charge is 0.381 e. The van der Waals surface area contributed by atoms with Crippen LogP contribution < -0.4 is 10.2 Å². The molecule has 0 atom stereocenters. The number of para-hydroxylation sites is 1. The van der Waals surface area contributed by atoms with E-state index in [0.29, 0.717) is 0 Å². The third kappa shape index (κ3) is 2.85. The minimum absolute atomic E-state index is 0.0314. The number of rotatable bonds is 1. The maximum absolute atomic E-state index is 12.3. The molecule has 2 aliphatic rings. The highest BCUT2D eigenvalue weighted by Crippen LogP contribution is 2.26. The molecule has 0 unspecified atom stereocenters. The van der Waals surface area contributed by atoms with E-state index in [1.165, 1.54) is 11.1 Å². The molecule has 20 heavy (non-hydrogen) atoms.